The van der Waals surface area contributed by atoms with Gasteiger partial charge in [-0.05, 0) is 36.5 Å². The Balaban J connectivity index is 0.00000225. The minimum Gasteiger partial charge on any atom is -0.494 e. The van der Waals surface area contributed by atoms with E-state index in [1.807, 2.05) is 17.0 Å². The van der Waals surface area contributed by atoms with Crippen LogP contribution in [0.25, 0.3) is 10.9 Å². The molecule has 2 N–H and O–H groups in total. The first kappa shape index (κ1) is 20.3. The molecule has 6 nitrogen and oxygen atoms in total. The Bertz CT molecular complexity index is 1050. The summed E-state index contributed by atoms with van der Waals surface area (Å²) in [6.45, 7) is 1.51. The Labute approximate surface area is 177 Å². The molecule has 10 heteroatoms. The maximum Gasteiger partial charge on any atom is 0.173 e. The lowest BCUT2D eigenvalue weighted by molar-refractivity contribution is 0.416. The molecule has 1 saturated heterocycles. The highest BCUT2D eigenvalue weighted by atomic mass is 35.5. The number of aromatic nitrogens is 2. The Morgan fingerprint density at radius 3 is 2.79 bits per heavy atom. The van der Waals surface area contributed by atoms with E-state index in [1.165, 1.54) is 18.5 Å². The van der Waals surface area contributed by atoms with Gasteiger partial charge >= 0.3 is 0 Å². The predicted molar refractivity (Wildman–Crippen MR) is 116 cm³/mol. The van der Waals surface area contributed by atoms with Gasteiger partial charge < -0.3 is 20.3 Å². The van der Waals surface area contributed by atoms with Crippen LogP contribution in [0.5, 0.6) is 5.75 Å². The van der Waals surface area contributed by atoms with E-state index in [0.717, 1.165) is 24.2 Å². The van der Waals surface area contributed by atoms with E-state index >= 15 is 0 Å². The Kier molecular flexibility index (Phi) is 6.02. The van der Waals surface area contributed by atoms with Gasteiger partial charge in [-0.1, -0.05) is 11.6 Å². The van der Waals surface area contributed by atoms with Gasteiger partial charge in [0.1, 0.15) is 23.7 Å². The molecule has 1 fully saturated rings. The predicted octanol–water partition coefficient (Wildman–Crippen LogP) is 4.29. The lowest BCUT2D eigenvalue weighted by atomic mass is 10.1. The number of benzene rings is 2. The number of hydrogen-bond acceptors (Lipinski definition) is 5. The number of halogens is 3. The van der Waals surface area contributed by atoms with E-state index in [-0.39, 0.29) is 17.4 Å². The first-order chi connectivity index (χ1) is 13.1. The van der Waals surface area contributed by atoms with Gasteiger partial charge in [-0.2, -0.15) is 0 Å². The molecular formula is C18H16Cl2FN5OS. The van der Waals surface area contributed by atoms with Crippen LogP contribution in [0.2, 0.25) is 5.02 Å². The molecule has 1 aliphatic heterocycles. The van der Waals surface area contributed by atoms with Crippen molar-refractivity contribution in [2.24, 2.45) is 0 Å². The molecule has 2 aromatic carbocycles. The molecule has 1 aliphatic rings. The van der Waals surface area contributed by atoms with Crippen molar-refractivity contribution in [1.29, 1.82) is 0 Å². The minimum absolute atomic E-state index is 0. The van der Waals surface area contributed by atoms with Gasteiger partial charge in [0.05, 0.1) is 23.3 Å². The highest BCUT2D eigenvalue weighted by Gasteiger charge is 2.22. The molecule has 2 heterocycles. The summed E-state index contributed by atoms with van der Waals surface area (Å²) in [7, 11) is 1.61. The van der Waals surface area contributed by atoms with Gasteiger partial charge in [-0.25, -0.2) is 14.4 Å². The maximum atomic E-state index is 13.4. The maximum absolute atomic E-state index is 13.4. The third-order valence-corrected chi connectivity index (χ3v) is 4.92. The van der Waals surface area contributed by atoms with Gasteiger partial charge in [-0.15, -0.1) is 12.4 Å². The quantitative estimate of drug-likeness (QED) is 0.587. The molecule has 146 valence electrons. The first-order valence-corrected chi connectivity index (χ1v) is 8.95. The topological polar surface area (TPSA) is 62.3 Å². The third kappa shape index (κ3) is 3.76. The average molecular weight is 440 g/mol. The number of nitrogens with zero attached hydrogens (tertiary/aromatic N) is 3. The van der Waals surface area contributed by atoms with Crippen molar-refractivity contribution >= 4 is 69.4 Å². The molecule has 4 rings (SSSR count). The number of anilines is 3. The number of hydrogen-bond donors (Lipinski definition) is 2. The Hall–Kier alpha value is -2.42. The second kappa shape index (κ2) is 8.30. The van der Waals surface area contributed by atoms with Crippen LogP contribution in [0.1, 0.15) is 0 Å². The number of ether oxygens (including phenoxy) is 1. The Morgan fingerprint density at radius 1 is 1.29 bits per heavy atom. The summed E-state index contributed by atoms with van der Waals surface area (Å²) in [6, 6.07) is 8.18. The molecule has 0 spiro atoms. The lowest BCUT2D eigenvalue weighted by Gasteiger charge is -2.21. The molecule has 1 aromatic heterocycles. The van der Waals surface area contributed by atoms with E-state index in [1.54, 1.807) is 13.2 Å². The number of fused-ring (bicyclic) bond motifs is 1. The minimum atomic E-state index is -0.475. The van der Waals surface area contributed by atoms with E-state index in [4.69, 9.17) is 28.6 Å². The molecule has 0 unspecified atom stereocenters. The van der Waals surface area contributed by atoms with Gasteiger partial charge in [-0.3, -0.25) is 0 Å². The summed E-state index contributed by atoms with van der Waals surface area (Å²) < 4.78 is 18.9. The SMILES string of the molecule is COc1cc2ncnc(Nc3ccc(F)c(Cl)c3)c2cc1N1CCNC1=S.Cl. The van der Waals surface area contributed by atoms with Crippen molar-refractivity contribution in [1.82, 2.24) is 15.3 Å². The summed E-state index contributed by atoms with van der Waals surface area (Å²) >= 11 is 11.3. The van der Waals surface area contributed by atoms with E-state index in [2.05, 4.69) is 20.6 Å². The number of thiocarbonyl (C=S) groups is 1. The van der Waals surface area contributed by atoms with Crippen LogP contribution in [0.3, 0.4) is 0 Å². The smallest absolute Gasteiger partial charge is 0.173 e. The standard InChI is InChI=1S/C18H15ClFN5OS.ClH/c1-26-16-8-14-11(7-15(16)25-5-4-21-18(25)27)17(23-9-22-14)24-10-2-3-13(20)12(19)6-10;/h2-3,6-9H,4-5H2,1H3,(H,21,27)(H,22,23,24);1H. The van der Waals surface area contributed by atoms with Crippen LogP contribution >= 0.6 is 36.2 Å². The zero-order valence-electron chi connectivity index (χ0n) is 14.7. The zero-order valence-corrected chi connectivity index (χ0v) is 17.1. The van der Waals surface area contributed by atoms with E-state index in [9.17, 15) is 4.39 Å². The van der Waals surface area contributed by atoms with Crippen LogP contribution in [0.15, 0.2) is 36.7 Å². The summed E-state index contributed by atoms with van der Waals surface area (Å²) in [5.41, 5.74) is 2.16. The zero-order chi connectivity index (χ0) is 19.0. The van der Waals surface area contributed by atoms with Gasteiger partial charge in [0.25, 0.3) is 0 Å². The van der Waals surface area contributed by atoms with Crippen molar-refractivity contribution in [3.63, 3.8) is 0 Å². The van der Waals surface area contributed by atoms with Gasteiger partial charge in [0, 0.05) is 30.2 Å². The van der Waals surface area contributed by atoms with Crippen molar-refractivity contribution in [2.45, 2.75) is 0 Å². The molecule has 0 bridgehead atoms. The van der Waals surface area contributed by atoms with Crippen molar-refractivity contribution in [3.05, 3.63) is 47.5 Å². The molecule has 0 saturated carbocycles. The van der Waals surface area contributed by atoms with Gasteiger partial charge in [0.2, 0.25) is 0 Å². The average Bonchev–Trinajstić information content (AvgIpc) is 3.09. The molecule has 0 atom stereocenters. The molecule has 0 aliphatic carbocycles. The summed E-state index contributed by atoms with van der Waals surface area (Å²) in [5, 5.41) is 7.77. The second-order valence-corrected chi connectivity index (χ2v) is 6.69. The largest absolute Gasteiger partial charge is 0.494 e. The third-order valence-electron chi connectivity index (χ3n) is 4.27. The molecule has 0 radical (unpaired) electrons. The monoisotopic (exact) mass is 439 g/mol. The lowest BCUT2D eigenvalue weighted by Crippen LogP contribution is -2.27. The van der Waals surface area contributed by atoms with Crippen LogP contribution in [-0.4, -0.2) is 35.3 Å². The van der Waals surface area contributed by atoms with Crippen LogP contribution < -0.4 is 20.3 Å². The first-order valence-electron chi connectivity index (χ1n) is 8.17. The molecule has 0 amide bonds. The molecular weight excluding hydrogens is 424 g/mol. The highest BCUT2D eigenvalue weighted by molar-refractivity contribution is 7.80. The van der Waals surface area contributed by atoms with Crippen molar-refractivity contribution in [2.75, 3.05) is 30.4 Å². The summed E-state index contributed by atoms with van der Waals surface area (Å²) in [6.07, 6.45) is 1.46. The van der Waals surface area contributed by atoms with Crippen LogP contribution in [0.4, 0.5) is 21.6 Å². The molecule has 28 heavy (non-hydrogen) atoms. The van der Waals surface area contributed by atoms with Crippen LogP contribution in [-0.2, 0) is 0 Å². The number of rotatable bonds is 4. The fourth-order valence-corrected chi connectivity index (χ4v) is 3.43. The van der Waals surface area contributed by atoms with E-state index in [0.29, 0.717) is 27.9 Å². The number of nitrogens with one attached hydrogen (secondary N) is 2. The van der Waals surface area contributed by atoms with Gasteiger partial charge in [0.15, 0.2) is 5.11 Å². The fraction of sp³-hybridized carbons (Fsp3) is 0.167. The van der Waals surface area contributed by atoms with Crippen LogP contribution in [0, 0.1) is 5.82 Å². The Morgan fingerprint density at radius 2 is 2.11 bits per heavy atom. The summed E-state index contributed by atoms with van der Waals surface area (Å²) in [4.78, 5) is 10.6. The van der Waals surface area contributed by atoms with Crippen molar-refractivity contribution < 1.29 is 9.13 Å². The number of methoxy groups -OCH3 is 1. The molecule has 3 aromatic rings. The normalized spacial score (nSPS) is 13.2. The second-order valence-electron chi connectivity index (χ2n) is 5.90. The highest BCUT2D eigenvalue weighted by Crippen LogP contribution is 2.36. The summed E-state index contributed by atoms with van der Waals surface area (Å²) in [5.74, 6) is 0.768. The fourth-order valence-electron chi connectivity index (χ4n) is 2.96. The van der Waals surface area contributed by atoms with E-state index < -0.39 is 5.82 Å². The van der Waals surface area contributed by atoms with Crippen molar-refractivity contribution in [3.8, 4) is 5.75 Å².